The van der Waals surface area contributed by atoms with Crippen molar-refractivity contribution in [2.75, 3.05) is 5.32 Å². The van der Waals surface area contributed by atoms with E-state index in [9.17, 15) is 4.79 Å². The van der Waals surface area contributed by atoms with Gasteiger partial charge in [-0.05, 0) is 30.5 Å². The zero-order chi connectivity index (χ0) is 15.4. The van der Waals surface area contributed by atoms with Gasteiger partial charge < -0.3 is 5.32 Å². The average molecular weight is 319 g/mol. The van der Waals surface area contributed by atoms with Crippen molar-refractivity contribution in [3.8, 4) is 0 Å². The van der Waals surface area contributed by atoms with Gasteiger partial charge in [0.15, 0.2) is 0 Å². The normalized spacial score (nSPS) is 15.7. The summed E-state index contributed by atoms with van der Waals surface area (Å²) in [5, 5.41) is 12.1. The van der Waals surface area contributed by atoms with Crippen LogP contribution in [0.2, 0.25) is 5.02 Å². The second-order valence-electron chi connectivity index (χ2n) is 5.73. The Morgan fingerprint density at radius 2 is 1.86 bits per heavy atom. The summed E-state index contributed by atoms with van der Waals surface area (Å²) >= 11 is 5.86. The van der Waals surface area contributed by atoms with Crippen LogP contribution in [0.3, 0.4) is 0 Å². The Kier molecular flexibility index (Phi) is 4.73. The predicted octanol–water partition coefficient (Wildman–Crippen LogP) is 3.15. The summed E-state index contributed by atoms with van der Waals surface area (Å²) in [7, 11) is 0. The molecule has 0 aliphatic heterocycles. The Morgan fingerprint density at radius 3 is 2.55 bits per heavy atom. The lowest BCUT2D eigenvalue weighted by Gasteiger charge is -2.22. The predicted molar refractivity (Wildman–Crippen MR) is 87.4 cm³/mol. The van der Waals surface area contributed by atoms with Crippen LogP contribution in [-0.2, 0) is 6.42 Å². The molecule has 1 fully saturated rings. The molecule has 1 aromatic heterocycles. The van der Waals surface area contributed by atoms with Crippen LogP contribution in [0.15, 0.2) is 29.1 Å². The molecule has 116 valence electrons. The second kappa shape index (κ2) is 6.92. The minimum absolute atomic E-state index is 0.191. The average Bonchev–Trinajstić information content (AvgIpc) is 2.53. The maximum Gasteiger partial charge on any atom is 0.274 e. The van der Waals surface area contributed by atoms with Gasteiger partial charge in [0, 0.05) is 17.5 Å². The number of aromatic amines is 1. The third-order valence-corrected chi connectivity index (χ3v) is 4.25. The molecule has 1 aliphatic carbocycles. The molecule has 3 rings (SSSR count). The highest BCUT2D eigenvalue weighted by molar-refractivity contribution is 6.30. The van der Waals surface area contributed by atoms with Gasteiger partial charge in [-0.25, -0.2) is 0 Å². The van der Waals surface area contributed by atoms with Crippen LogP contribution in [0.5, 0.6) is 0 Å². The molecule has 1 aromatic carbocycles. The molecular weight excluding hydrogens is 300 g/mol. The smallest absolute Gasteiger partial charge is 0.274 e. The molecule has 1 aliphatic rings. The molecule has 2 N–H and O–H groups in total. The molecule has 0 amide bonds. The number of hydrogen-bond donors (Lipinski definition) is 2. The molecule has 0 atom stereocenters. The summed E-state index contributed by atoms with van der Waals surface area (Å²) in [6.07, 6.45) is 6.43. The zero-order valence-electron chi connectivity index (χ0n) is 12.3. The van der Waals surface area contributed by atoms with Gasteiger partial charge in [0.25, 0.3) is 5.56 Å². The van der Waals surface area contributed by atoms with Crippen molar-refractivity contribution >= 4 is 17.5 Å². The molecular formula is C16H19ClN4O. The highest BCUT2D eigenvalue weighted by Crippen LogP contribution is 2.19. The minimum atomic E-state index is -0.191. The van der Waals surface area contributed by atoms with Crippen LogP contribution < -0.4 is 10.9 Å². The number of nitrogens with one attached hydrogen (secondary N) is 2. The van der Waals surface area contributed by atoms with E-state index in [-0.39, 0.29) is 5.56 Å². The van der Waals surface area contributed by atoms with E-state index in [1.807, 2.05) is 12.1 Å². The Hall–Kier alpha value is -1.88. The minimum Gasteiger partial charge on any atom is -0.352 e. The van der Waals surface area contributed by atoms with Crippen LogP contribution in [0.25, 0.3) is 0 Å². The molecule has 1 saturated carbocycles. The fourth-order valence-electron chi connectivity index (χ4n) is 2.78. The quantitative estimate of drug-likeness (QED) is 0.908. The Morgan fingerprint density at radius 1 is 1.14 bits per heavy atom. The van der Waals surface area contributed by atoms with Crippen molar-refractivity contribution in [1.29, 1.82) is 0 Å². The van der Waals surface area contributed by atoms with Gasteiger partial charge in [0.1, 0.15) is 5.69 Å². The molecule has 0 saturated heterocycles. The number of aromatic nitrogens is 3. The van der Waals surface area contributed by atoms with E-state index in [0.717, 1.165) is 18.4 Å². The number of nitrogens with zero attached hydrogens (tertiary/aromatic N) is 2. The van der Waals surface area contributed by atoms with Crippen molar-refractivity contribution in [1.82, 2.24) is 15.2 Å². The summed E-state index contributed by atoms with van der Waals surface area (Å²) in [6.45, 7) is 0. The summed E-state index contributed by atoms with van der Waals surface area (Å²) in [6, 6.07) is 7.77. The lowest BCUT2D eigenvalue weighted by atomic mass is 9.96. The zero-order valence-corrected chi connectivity index (χ0v) is 13.1. The van der Waals surface area contributed by atoms with Gasteiger partial charge >= 0.3 is 0 Å². The van der Waals surface area contributed by atoms with Crippen LogP contribution in [0, 0.1) is 0 Å². The SMILES string of the molecule is O=c1[nH]c(NC2CCCCC2)nnc1Cc1ccc(Cl)cc1. The first kappa shape index (κ1) is 15.0. The summed E-state index contributed by atoms with van der Waals surface area (Å²) in [4.78, 5) is 14.9. The van der Waals surface area contributed by atoms with Crippen molar-refractivity contribution in [3.05, 3.63) is 50.9 Å². The first-order valence-corrected chi connectivity index (χ1v) is 8.05. The Labute approximate surface area is 134 Å². The second-order valence-corrected chi connectivity index (χ2v) is 6.17. The molecule has 2 aromatic rings. The molecule has 5 nitrogen and oxygen atoms in total. The van der Waals surface area contributed by atoms with E-state index < -0.39 is 0 Å². The number of H-pyrrole nitrogens is 1. The standard InChI is InChI=1S/C16H19ClN4O/c17-12-8-6-11(7-9-12)10-14-15(22)19-16(21-20-14)18-13-4-2-1-3-5-13/h6-9,13H,1-5,10H2,(H2,18,19,21,22). The van der Waals surface area contributed by atoms with Crippen molar-refractivity contribution < 1.29 is 0 Å². The number of halogens is 1. The van der Waals surface area contributed by atoms with Gasteiger partial charge in [0.05, 0.1) is 0 Å². The third-order valence-electron chi connectivity index (χ3n) is 4.00. The van der Waals surface area contributed by atoms with Crippen molar-refractivity contribution in [2.24, 2.45) is 0 Å². The molecule has 0 radical (unpaired) electrons. The summed E-state index contributed by atoms with van der Waals surface area (Å²) in [5.41, 5.74) is 1.21. The number of hydrogen-bond acceptors (Lipinski definition) is 4. The number of anilines is 1. The first-order valence-electron chi connectivity index (χ1n) is 7.67. The molecule has 0 bridgehead atoms. The largest absolute Gasteiger partial charge is 0.352 e. The fraction of sp³-hybridized carbons (Fsp3) is 0.438. The number of rotatable bonds is 4. The lowest BCUT2D eigenvalue weighted by Crippen LogP contribution is -2.27. The summed E-state index contributed by atoms with van der Waals surface area (Å²) in [5.74, 6) is 0.469. The summed E-state index contributed by atoms with van der Waals surface area (Å²) < 4.78 is 0. The topological polar surface area (TPSA) is 70.7 Å². The molecule has 6 heteroatoms. The van der Waals surface area contributed by atoms with E-state index in [0.29, 0.717) is 29.1 Å². The lowest BCUT2D eigenvalue weighted by molar-refractivity contribution is 0.460. The van der Waals surface area contributed by atoms with E-state index in [4.69, 9.17) is 11.6 Å². The maximum absolute atomic E-state index is 12.1. The van der Waals surface area contributed by atoms with Crippen LogP contribution >= 0.6 is 11.6 Å². The van der Waals surface area contributed by atoms with Gasteiger partial charge in [-0.3, -0.25) is 9.78 Å². The van der Waals surface area contributed by atoms with E-state index >= 15 is 0 Å². The highest BCUT2D eigenvalue weighted by Gasteiger charge is 2.14. The van der Waals surface area contributed by atoms with Gasteiger partial charge in [-0.1, -0.05) is 43.0 Å². The van der Waals surface area contributed by atoms with E-state index in [1.165, 1.54) is 19.3 Å². The Bertz CT molecular complexity index is 677. The van der Waals surface area contributed by atoms with Crippen LogP contribution in [0.4, 0.5) is 5.95 Å². The molecule has 0 unspecified atom stereocenters. The monoisotopic (exact) mass is 318 g/mol. The van der Waals surface area contributed by atoms with Crippen LogP contribution in [-0.4, -0.2) is 21.2 Å². The third kappa shape index (κ3) is 3.85. The fourth-order valence-corrected chi connectivity index (χ4v) is 2.90. The van der Waals surface area contributed by atoms with E-state index in [2.05, 4.69) is 20.5 Å². The van der Waals surface area contributed by atoms with Crippen LogP contribution in [0.1, 0.15) is 43.4 Å². The van der Waals surface area contributed by atoms with Crippen molar-refractivity contribution in [3.63, 3.8) is 0 Å². The Balaban J connectivity index is 1.69. The molecule has 0 spiro atoms. The van der Waals surface area contributed by atoms with Crippen molar-refractivity contribution in [2.45, 2.75) is 44.6 Å². The molecule has 1 heterocycles. The van der Waals surface area contributed by atoms with E-state index in [1.54, 1.807) is 12.1 Å². The molecule has 22 heavy (non-hydrogen) atoms. The van der Waals surface area contributed by atoms with Gasteiger partial charge in [-0.15, -0.1) is 10.2 Å². The highest BCUT2D eigenvalue weighted by atomic mass is 35.5. The van der Waals surface area contributed by atoms with Gasteiger partial charge in [-0.2, -0.15) is 0 Å². The number of benzene rings is 1. The van der Waals surface area contributed by atoms with Gasteiger partial charge in [0.2, 0.25) is 5.95 Å². The first-order chi connectivity index (χ1) is 10.7. The maximum atomic E-state index is 12.1.